The van der Waals surface area contributed by atoms with Crippen LogP contribution < -0.4 is 5.56 Å². The van der Waals surface area contributed by atoms with Gasteiger partial charge in [-0.05, 0) is 54.3 Å². The summed E-state index contributed by atoms with van der Waals surface area (Å²) in [6.07, 6.45) is 1.71. The smallest absolute Gasteiger partial charge is 0.258 e. The summed E-state index contributed by atoms with van der Waals surface area (Å²) in [5, 5.41) is 9.28. The number of rotatable bonds is 3. The van der Waals surface area contributed by atoms with Crippen LogP contribution >= 0.6 is 0 Å². The van der Waals surface area contributed by atoms with Crippen LogP contribution in [0, 0.1) is 6.92 Å². The number of amides is 1. The van der Waals surface area contributed by atoms with Crippen molar-refractivity contribution >= 4 is 16.8 Å². The molecule has 1 fully saturated rings. The predicted molar refractivity (Wildman–Crippen MR) is 116 cm³/mol. The van der Waals surface area contributed by atoms with E-state index in [2.05, 4.69) is 15.3 Å². The van der Waals surface area contributed by atoms with Crippen LogP contribution in [0.5, 0.6) is 0 Å². The van der Waals surface area contributed by atoms with Crippen molar-refractivity contribution < 1.29 is 9.53 Å². The Kier molecular flexibility index (Phi) is 4.83. The van der Waals surface area contributed by atoms with E-state index in [1.165, 1.54) is 0 Å². The molecule has 1 saturated heterocycles. The molecule has 0 spiro atoms. The second-order valence-corrected chi connectivity index (χ2v) is 7.60. The van der Waals surface area contributed by atoms with Crippen molar-refractivity contribution in [1.82, 2.24) is 24.9 Å². The number of morpholine rings is 1. The van der Waals surface area contributed by atoms with E-state index < -0.39 is 0 Å². The second kappa shape index (κ2) is 7.81. The molecular weight excluding hydrogens is 394 g/mol. The van der Waals surface area contributed by atoms with Gasteiger partial charge in [-0.1, -0.05) is 17.3 Å². The lowest BCUT2D eigenvalue weighted by atomic mass is 10.1. The minimum atomic E-state index is -0.211. The maximum Gasteiger partial charge on any atom is 0.258 e. The molecule has 8 heteroatoms. The second-order valence-electron chi connectivity index (χ2n) is 7.60. The number of carbonyl (C=O) groups is 1. The summed E-state index contributed by atoms with van der Waals surface area (Å²) in [5.41, 5.74) is 3.98. The zero-order chi connectivity index (χ0) is 21.4. The third kappa shape index (κ3) is 3.73. The monoisotopic (exact) mass is 415 g/mol. The summed E-state index contributed by atoms with van der Waals surface area (Å²) >= 11 is 0. The molecule has 8 nitrogen and oxygen atoms in total. The van der Waals surface area contributed by atoms with Gasteiger partial charge >= 0.3 is 0 Å². The molecule has 4 aromatic rings. The molecule has 1 amide bonds. The van der Waals surface area contributed by atoms with Gasteiger partial charge in [-0.15, -0.1) is 5.10 Å². The molecule has 0 unspecified atom stereocenters. The number of carbonyl (C=O) groups excluding carboxylic acids is 1. The van der Waals surface area contributed by atoms with Crippen molar-refractivity contribution in [3.05, 3.63) is 76.2 Å². The number of benzene rings is 2. The maximum absolute atomic E-state index is 12.6. The standard InChI is InChI=1S/C23H21N5O3/c1-15-2-3-17-13-19(22(29)24-20(17)12-15)21-14-28(26-25-21)18-6-4-16(5-7-18)23(30)27-8-10-31-11-9-27/h2-7,12-14H,8-11H2,1H3,(H,24,29). The number of nitrogens with zero attached hydrogens (tertiary/aromatic N) is 4. The van der Waals surface area contributed by atoms with Crippen molar-refractivity contribution in [3.63, 3.8) is 0 Å². The molecule has 0 radical (unpaired) electrons. The Labute approximate surface area is 178 Å². The Hall–Kier alpha value is -3.78. The van der Waals surface area contributed by atoms with Crippen molar-refractivity contribution in [1.29, 1.82) is 0 Å². The van der Waals surface area contributed by atoms with Gasteiger partial charge in [-0.3, -0.25) is 9.59 Å². The Morgan fingerprint density at radius 1 is 1.06 bits per heavy atom. The third-order valence-corrected chi connectivity index (χ3v) is 5.45. The van der Waals surface area contributed by atoms with E-state index in [0.29, 0.717) is 43.1 Å². The normalized spacial score (nSPS) is 14.2. The van der Waals surface area contributed by atoms with Crippen LogP contribution in [0.2, 0.25) is 0 Å². The van der Waals surface area contributed by atoms with Gasteiger partial charge in [0.25, 0.3) is 11.5 Å². The highest BCUT2D eigenvalue weighted by Gasteiger charge is 2.18. The molecule has 1 N–H and O–H groups in total. The number of H-pyrrole nitrogens is 1. The zero-order valence-electron chi connectivity index (χ0n) is 17.0. The first kappa shape index (κ1) is 19.2. The number of aryl methyl sites for hydroxylation is 1. The summed E-state index contributed by atoms with van der Waals surface area (Å²) in [7, 11) is 0. The van der Waals surface area contributed by atoms with Gasteiger partial charge in [0.1, 0.15) is 5.69 Å². The highest BCUT2D eigenvalue weighted by molar-refractivity contribution is 5.94. The Balaban J connectivity index is 1.41. The van der Waals surface area contributed by atoms with E-state index in [4.69, 9.17) is 4.74 Å². The zero-order valence-corrected chi connectivity index (χ0v) is 17.0. The van der Waals surface area contributed by atoms with Gasteiger partial charge in [-0.25, -0.2) is 4.68 Å². The number of aromatic nitrogens is 4. The Morgan fingerprint density at radius 2 is 1.84 bits per heavy atom. The minimum absolute atomic E-state index is 0.00735. The quantitative estimate of drug-likeness (QED) is 0.555. The van der Waals surface area contributed by atoms with E-state index >= 15 is 0 Å². The molecule has 1 aliphatic heterocycles. The predicted octanol–water partition coefficient (Wildman–Crippen LogP) is 2.56. The van der Waals surface area contributed by atoms with E-state index in [-0.39, 0.29) is 11.5 Å². The minimum Gasteiger partial charge on any atom is -0.378 e. The fourth-order valence-corrected chi connectivity index (χ4v) is 3.72. The molecule has 0 saturated carbocycles. The average molecular weight is 415 g/mol. The summed E-state index contributed by atoms with van der Waals surface area (Å²) in [6.45, 7) is 4.33. The first-order valence-electron chi connectivity index (χ1n) is 10.1. The van der Waals surface area contributed by atoms with Gasteiger partial charge in [0, 0.05) is 24.2 Å². The maximum atomic E-state index is 12.6. The lowest BCUT2D eigenvalue weighted by Crippen LogP contribution is -2.40. The molecule has 0 aliphatic carbocycles. The van der Waals surface area contributed by atoms with Crippen molar-refractivity contribution in [2.45, 2.75) is 6.92 Å². The molecule has 2 aromatic heterocycles. The van der Waals surface area contributed by atoms with E-state index in [0.717, 1.165) is 22.2 Å². The lowest BCUT2D eigenvalue weighted by Gasteiger charge is -2.26. The summed E-state index contributed by atoms with van der Waals surface area (Å²) in [4.78, 5) is 29.9. The van der Waals surface area contributed by atoms with Crippen molar-refractivity contribution in [2.75, 3.05) is 26.3 Å². The Morgan fingerprint density at radius 3 is 2.61 bits per heavy atom. The Bertz CT molecular complexity index is 1320. The molecule has 5 rings (SSSR count). The fraction of sp³-hybridized carbons (Fsp3) is 0.217. The molecule has 0 bridgehead atoms. The van der Waals surface area contributed by atoms with Crippen LogP contribution in [-0.2, 0) is 4.74 Å². The number of hydrogen-bond donors (Lipinski definition) is 1. The lowest BCUT2D eigenvalue weighted by molar-refractivity contribution is 0.0303. The van der Waals surface area contributed by atoms with E-state index in [9.17, 15) is 9.59 Å². The first-order chi connectivity index (χ1) is 15.1. The van der Waals surface area contributed by atoms with Crippen LogP contribution in [0.15, 0.2) is 59.5 Å². The highest BCUT2D eigenvalue weighted by Crippen LogP contribution is 2.20. The average Bonchev–Trinajstić information content (AvgIpc) is 3.29. The number of aromatic amines is 1. The molecule has 3 heterocycles. The number of pyridine rings is 1. The molecule has 31 heavy (non-hydrogen) atoms. The molecule has 1 aliphatic rings. The van der Waals surface area contributed by atoms with E-state index in [1.807, 2.05) is 43.3 Å². The number of hydrogen-bond acceptors (Lipinski definition) is 5. The number of ether oxygens (including phenoxy) is 1. The first-order valence-corrected chi connectivity index (χ1v) is 10.1. The van der Waals surface area contributed by atoms with Crippen molar-refractivity contribution in [2.24, 2.45) is 0 Å². The largest absolute Gasteiger partial charge is 0.378 e. The van der Waals surface area contributed by atoms with Gasteiger partial charge in [0.05, 0.1) is 30.7 Å². The van der Waals surface area contributed by atoms with Gasteiger partial charge in [-0.2, -0.15) is 0 Å². The summed E-state index contributed by atoms with van der Waals surface area (Å²) in [6, 6.07) is 14.9. The topological polar surface area (TPSA) is 93.1 Å². The molecule has 2 aromatic carbocycles. The SMILES string of the molecule is Cc1ccc2cc(-c3cn(-c4ccc(C(=O)N5CCOCC5)cc4)nn3)c(=O)[nH]c2c1. The van der Waals surface area contributed by atoms with Crippen LogP contribution in [0.4, 0.5) is 0 Å². The summed E-state index contributed by atoms with van der Waals surface area (Å²) in [5.74, 6) is -0.00735. The van der Waals surface area contributed by atoms with Crippen LogP contribution in [0.25, 0.3) is 27.8 Å². The van der Waals surface area contributed by atoms with Gasteiger partial charge in [0.2, 0.25) is 0 Å². The van der Waals surface area contributed by atoms with Crippen LogP contribution in [0.1, 0.15) is 15.9 Å². The van der Waals surface area contributed by atoms with Crippen LogP contribution in [-0.4, -0.2) is 57.1 Å². The molecular formula is C23H21N5O3. The number of fused-ring (bicyclic) bond motifs is 1. The van der Waals surface area contributed by atoms with Crippen molar-refractivity contribution in [3.8, 4) is 16.9 Å². The van der Waals surface area contributed by atoms with E-state index in [1.54, 1.807) is 27.9 Å². The molecule has 0 atom stereocenters. The number of nitrogens with one attached hydrogen (secondary N) is 1. The van der Waals surface area contributed by atoms with Gasteiger partial charge in [0.15, 0.2) is 0 Å². The fourth-order valence-electron chi connectivity index (χ4n) is 3.72. The molecule has 156 valence electrons. The third-order valence-electron chi connectivity index (χ3n) is 5.45. The van der Waals surface area contributed by atoms with Crippen LogP contribution in [0.3, 0.4) is 0 Å². The highest BCUT2D eigenvalue weighted by atomic mass is 16.5. The summed E-state index contributed by atoms with van der Waals surface area (Å²) < 4.78 is 6.90. The van der Waals surface area contributed by atoms with Gasteiger partial charge < -0.3 is 14.6 Å².